The van der Waals surface area contributed by atoms with Gasteiger partial charge in [-0.1, -0.05) is 43.3 Å². The molecule has 0 aromatic heterocycles. The Kier molecular flexibility index (Phi) is 2.58. The maximum Gasteiger partial charge on any atom is 0.331 e. The fourth-order valence-corrected chi connectivity index (χ4v) is 1.95. The van der Waals surface area contributed by atoms with Crippen LogP contribution in [-0.4, -0.2) is 5.97 Å². The lowest BCUT2D eigenvalue weighted by Crippen LogP contribution is -2.33. The van der Waals surface area contributed by atoms with Gasteiger partial charge in [-0.15, -0.1) is 0 Å². The first kappa shape index (κ1) is 9.97. The fraction of sp³-hybridized carbons (Fsp3) is 0.308. The van der Waals surface area contributed by atoms with Gasteiger partial charge in [-0.2, -0.15) is 0 Å². The summed E-state index contributed by atoms with van der Waals surface area (Å²) in [5.41, 5.74) is 0.623. The van der Waals surface area contributed by atoms with Crippen molar-refractivity contribution < 1.29 is 9.53 Å². The van der Waals surface area contributed by atoms with Crippen molar-refractivity contribution in [3.63, 3.8) is 0 Å². The molecule has 0 fully saturated rings. The van der Waals surface area contributed by atoms with Gasteiger partial charge in [0.15, 0.2) is 0 Å². The minimum Gasteiger partial charge on any atom is -0.451 e. The van der Waals surface area contributed by atoms with E-state index in [1.807, 2.05) is 43.3 Å². The molecule has 0 N–H and O–H groups in total. The largest absolute Gasteiger partial charge is 0.451 e. The molecular weight excluding hydrogens is 188 g/mol. The fourth-order valence-electron chi connectivity index (χ4n) is 1.95. The second-order valence-electron chi connectivity index (χ2n) is 3.74. The lowest BCUT2D eigenvalue weighted by atomic mass is 9.86. The van der Waals surface area contributed by atoms with E-state index in [9.17, 15) is 4.79 Å². The average molecular weight is 202 g/mol. The normalized spacial score (nSPS) is 25.0. The standard InChI is InChI=1S/C13H14O2/c1-2-13(10-6-9-12(14)15-13)11-7-4-3-5-8-11/h3-9H,2,10H2,1H3/t13-/m0/s1. The summed E-state index contributed by atoms with van der Waals surface area (Å²) in [6, 6.07) is 9.93. The summed E-state index contributed by atoms with van der Waals surface area (Å²) in [6.07, 6.45) is 4.95. The third-order valence-electron chi connectivity index (χ3n) is 2.87. The van der Waals surface area contributed by atoms with E-state index < -0.39 is 5.60 Å². The van der Waals surface area contributed by atoms with Crippen LogP contribution in [0.2, 0.25) is 0 Å². The van der Waals surface area contributed by atoms with Gasteiger partial charge in [0.25, 0.3) is 0 Å². The van der Waals surface area contributed by atoms with Crippen LogP contribution in [0, 0.1) is 0 Å². The van der Waals surface area contributed by atoms with Crippen molar-refractivity contribution in [2.24, 2.45) is 0 Å². The van der Waals surface area contributed by atoms with Crippen molar-refractivity contribution in [2.45, 2.75) is 25.4 Å². The van der Waals surface area contributed by atoms with Gasteiger partial charge in [0.1, 0.15) is 5.60 Å². The number of hydrogen-bond donors (Lipinski definition) is 0. The van der Waals surface area contributed by atoms with Crippen molar-refractivity contribution in [3.8, 4) is 0 Å². The van der Waals surface area contributed by atoms with Gasteiger partial charge in [-0.25, -0.2) is 4.79 Å². The van der Waals surface area contributed by atoms with Crippen LogP contribution in [0.15, 0.2) is 42.5 Å². The van der Waals surface area contributed by atoms with Crippen molar-refractivity contribution in [1.82, 2.24) is 0 Å². The third-order valence-corrected chi connectivity index (χ3v) is 2.87. The van der Waals surface area contributed by atoms with Crippen molar-refractivity contribution >= 4 is 5.97 Å². The van der Waals surface area contributed by atoms with Crippen LogP contribution in [0.25, 0.3) is 0 Å². The first-order valence-electron chi connectivity index (χ1n) is 5.22. The Morgan fingerprint density at radius 3 is 2.67 bits per heavy atom. The molecule has 1 aromatic rings. The molecule has 0 unspecified atom stereocenters. The van der Waals surface area contributed by atoms with Crippen LogP contribution in [0.4, 0.5) is 0 Å². The summed E-state index contributed by atoms with van der Waals surface area (Å²) < 4.78 is 5.48. The molecule has 78 valence electrons. The molecule has 0 radical (unpaired) electrons. The summed E-state index contributed by atoms with van der Waals surface area (Å²) in [4.78, 5) is 11.3. The second kappa shape index (κ2) is 3.89. The maximum atomic E-state index is 11.3. The van der Waals surface area contributed by atoms with E-state index in [2.05, 4.69) is 0 Å². The number of benzene rings is 1. The number of carbonyl (C=O) groups excluding carboxylic acids is 1. The first-order valence-corrected chi connectivity index (χ1v) is 5.22. The zero-order valence-corrected chi connectivity index (χ0v) is 8.77. The number of cyclic esters (lactones) is 1. The first-order chi connectivity index (χ1) is 7.27. The number of ether oxygens (including phenoxy) is 1. The van der Waals surface area contributed by atoms with Crippen molar-refractivity contribution in [2.75, 3.05) is 0 Å². The highest BCUT2D eigenvalue weighted by Crippen LogP contribution is 2.35. The topological polar surface area (TPSA) is 26.3 Å². The van der Waals surface area contributed by atoms with E-state index in [0.717, 1.165) is 18.4 Å². The minimum atomic E-state index is -0.451. The monoisotopic (exact) mass is 202 g/mol. The molecule has 1 heterocycles. The summed E-state index contributed by atoms with van der Waals surface area (Å²) in [5, 5.41) is 0. The van der Waals surface area contributed by atoms with E-state index in [0.29, 0.717) is 0 Å². The smallest absolute Gasteiger partial charge is 0.331 e. The molecule has 1 aliphatic rings. The molecule has 0 amide bonds. The highest BCUT2D eigenvalue weighted by Gasteiger charge is 2.34. The highest BCUT2D eigenvalue weighted by molar-refractivity contribution is 5.83. The van der Waals surface area contributed by atoms with Gasteiger partial charge >= 0.3 is 5.97 Å². The zero-order chi connectivity index (χ0) is 10.7. The molecule has 1 aromatic carbocycles. The van der Waals surface area contributed by atoms with Gasteiger partial charge in [-0.05, 0) is 12.0 Å². The summed E-state index contributed by atoms with van der Waals surface area (Å²) >= 11 is 0. The van der Waals surface area contributed by atoms with E-state index in [4.69, 9.17) is 4.74 Å². The Balaban J connectivity index is 2.38. The van der Waals surface area contributed by atoms with E-state index in [-0.39, 0.29) is 5.97 Å². The summed E-state index contributed by atoms with van der Waals surface area (Å²) in [5.74, 6) is -0.244. The zero-order valence-electron chi connectivity index (χ0n) is 8.77. The van der Waals surface area contributed by atoms with Crippen LogP contribution in [0.3, 0.4) is 0 Å². The Hall–Kier alpha value is -1.57. The van der Waals surface area contributed by atoms with Crippen LogP contribution in [0.5, 0.6) is 0 Å². The average Bonchev–Trinajstić information content (AvgIpc) is 2.30. The lowest BCUT2D eigenvalue weighted by Gasteiger charge is -2.33. The molecule has 0 aliphatic carbocycles. The molecule has 1 atom stereocenters. The third kappa shape index (κ3) is 1.80. The predicted molar refractivity (Wildman–Crippen MR) is 58.3 cm³/mol. The molecule has 0 saturated heterocycles. The number of rotatable bonds is 2. The quantitative estimate of drug-likeness (QED) is 0.689. The SMILES string of the molecule is CC[C@@]1(c2ccccc2)CC=CC(=O)O1. The van der Waals surface area contributed by atoms with Gasteiger partial charge in [0.2, 0.25) is 0 Å². The number of esters is 1. The van der Waals surface area contributed by atoms with E-state index >= 15 is 0 Å². The molecule has 0 spiro atoms. The van der Waals surface area contributed by atoms with Gasteiger partial charge < -0.3 is 4.74 Å². The molecule has 2 nitrogen and oxygen atoms in total. The van der Waals surface area contributed by atoms with Gasteiger partial charge in [0.05, 0.1) is 0 Å². The van der Waals surface area contributed by atoms with Crippen LogP contribution in [-0.2, 0) is 15.1 Å². The Bertz CT molecular complexity index is 381. The Morgan fingerprint density at radius 2 is 2.07 bits per heavy atom. The molecule has 0 saturated carbocycles. The van der Waals surface area contributed by atoms with Crippen LogP contribution >= 0.6 is 0 Å². The summed E-state index contributed by atoms with van der Waals surface area (Å²) in [6.45, 7) is 2.04. The van der Waals surface area contributed by atoms with Crippen molar-refractivity contribution in [3.05, 3.63) is 48.0 Å². The highest BCUT2D eigenvalue weighted by atomic mass is 16.6. The lowest BCUT2D eigenvalue weighted by molar-refractivity contribution is -0.157. The Morgan fingerprint density at radius 1 is 1.33 bits per heavy atom. The Labute approximate surface area is 89.6 Å². The second-order valence-corrected chi connectivity index (χ2v) is 3.74. The predicted octanol–water partition coefficient (Wildman–Crippen LogP) is 2.80. The van der Waals surface area contributed by atoms with E-state index in [1.165, 1.54) is 6.08 Å². The van der Waals surface area contributed by atoms with Gasteiger partial charge in [-0.3, -0.25) is 0 Å². The molecule has 0 bridgehead atoms. The molecule has 2 rings (SSSR count). The molecule has 2 heteroatoms. The van der Waals surface area contributed by atoms with Crippen molar-refractivity contribution in [1.29, 1.82) is 0 Å². The summed E-state index contributed by atoms with van der Waals surface area (Å²) in [7, 11) is 0. The maximum absolute atomic E-state index is 11.3. The van der Waals surface area contributed by atoms with Gasteiger partial charge in [0, 0.05) is 12.5 Å². The molecular formula is C13H14O2. The number of carbonyl (C=O) groups is 1. The van der Waals surface area contributed by atoms with Crippen LogP contribution in [0.1, 0.15) is 25.3 Å². The molecule has 15 heavy (non-hydrogen) atoms. The van der Waals surface area contributed by atoms with Crippen LogP contribution < -0.4 is 0 Å². The molecule has 1 aliphatic heterocycles. The number of hydrogen-bond acceptors (Lipinski definition) is 2. The van der Waals surface area contributed by atoms with E-state index in [1.54, 1.807) is 0 Å². The minimum absolute atomic E-state index is 0.244.